The number of rotatable bonds is 5. The minimum Gasteiger partial charge on any atom is -0.479 e. The van der Waals surface area contributed by atoms with Crippen LogP contribution in [0.3, 0.4) is 0 Å². The highest BCUT2D eigenvalue weighted by Gasteiger charge is 2.34. The van der Waals surface area contributed by atoms with Gasteiger partial charge in [-0.2, -0.15) is 0 Å². The number of ether oxygens (including phenoxy) is 2. The SMILES string of the molecule is CN[C@@H]1CCN(c2ccc(N3CCc4cc(OC5CC(C)OC5=O)ccc4C3=O)cc2F)C1. The molecule has 0 spiro atoms. The predicted molar refractivity (Wildman–Crippen MR) is 122 cm³/mol. The van der Waals surface area contributed by atoms with Gasteiger partial charge in [-0.1, -0.05) is 0 Å². The van der Waals surface area contributed by atoms with Crippen LogP contribution in [-0.2, 0) is 16.0 Å². The van der Waals surface area contributed by atoms with E-state index in [1.807, 2.05) is 31.0 Å². The van der Waals surface area contributed by atoms with Crippen LogP contribution in [0.15, 0.2) is 36.4 Å². The molecular formula is C25H28FN3O4. The van der Waals surface area contributed by atoms with Gasteiger partial charge in [-0.25, -0.2) is 9.18 Å². The van der Waals surface area contributed by atoms with Gasteiger partial charge in [0.15, 0.2) is 6.10 Å². The van der Waals surface area contributed by atoms with E-state index in [1.54, 1.807) is 23.1 Å². The molecule has 7 nitrogen and oxygen atoms in total. The zero-order valence-electron chi connectivity index (χ0n) is 18.8. The molecule has 0 aromatic heterocycles. The Morgan fingerprint density at radius 1 is 1.15 bits per heavy atom. The number of cyclic esters (lactones) is 1. The molecule has 2 unspecified atom stereocenters. The molecule has 3 aliphatic heterocycles. The number of nitrogens with zero attached hydrogens (tertiary/aromatic N) is 2. The minimum absolute atomic E-state index is 0.155. The number of likely N-dealkylation sites (N-methyl/N-ethyl adjacent to an activating group) is 1. The maximum absolute atomic E-state index is 15.0. The maximum Gasteiger partial charge on any atom is 0.347 e. The molecule has 1 amide bonds. The Morgan fingerprint density at radius 3 is 2.70 bits per heavy atom. The van der Waals surface area contributed by atoms with Crippen LogP contribution in [-0.4, -0.2) is 56.8 Å². The number of hydrogen-bond acceptors (Lipinski definition) is 6. The molecule has 5 rings (SSSR count). The molecule has 33 heavy (non-hydrogen) atoms. The van der Waals surface area contributed by atoms with Gasteiger partial charge in [0.25, 0.3) is 5.91 Å². The Balaban J connectivity index is 1.31. The molecule has 8 heteroatoms. The summed E-state index contributed by atoms with van der Waals surface area (Å²) in [4.78, 5) is 28.7. The van der Waals surface area contributed by atoms with E-state index >= 15 is 0 Å². The first-order chi connectivity index (χ1) is 15.9. The van der Waals surface area contributed by atoms with Gasteiger partial charge >= 0.3 is 5.97 Å². The number of carbonyl (C=O) groups is 2. The van der Waals surface area contributed by atoms with Gasteiger partial charge in [0, 0.05) is 43.3 Å². The first-order valence-electron chi connectivity index (χ1n) is 11.5. The van der Waals surface area contributed by atoms with Crippen molar-refractivity contribution in [3.05, 3.63) is 53.3 Å². The predicted octanol–water partition coefficient (Wildman–Crippen LogP) is 2.91. The van der Waals surface area contributed by atoms with Crippen LogP contribution in [0.1, 0.15) is 35.7 Å². The van der Waals surface area contributed by atoms with Crippen LogP contribution in [0.2, 0.25) is 0 Å². The molecule has 0 bridgehead atoms. The van der Waals surface area contributed by atoms with Crippen molar-refractivity contribution in [2.24, 2.45) is 0 Å². The molecule has 2 saturated heterocycles. The molecule has 3 atom stereocenters. The van der Waals surface area contributed by atoms with Gasteiger partial charge in [-0.05, 0) is 68.8 Å². The van der Waals surface area contributed by atoms with E-state index in [2.05, 4.69) is 5.32 Å². The summed E-state index contributed by atoms with van der Waals surface area (Å²) in [6.45, 7) is 3.85. The number of amides is 1. The highest BCUT2D eigenvalue weighted by molar-refractivity contribution is 6.08. The van der Waals surface area contributed by atoms with Crippen molar-refractivity contribution in [1.82, 2.24) is 5.32 Å². The highest BCUT2D eigenvalue weighted by atomic mass is 19.1. The van der Waals surface area contributed by atoms with Crippen LogP contribution >= 0.6 is 0 Å². The normalized spacial score (nSPS) is 24.8. The summed E-state index contributed by atoms with van der Waals surface area (Å²) >= 11 is 0. The molecule has 0 saturated carbocycles. The van der Waals surface area contributed by atoms with Crippen molar-refractivity contribution < 1.29 is 23.5 Å². The van der Waals surface area contributed by atoms with Crippen LogP contribution in [0, 0.1) is 5.82 Å². The molecule has 0 aliphatic carbocycles. The van der Waals surface area contributed by atoms with Crippen molar-refractivity contribution in [1.29, 1.82) is 0 Å². The smallest absolute Gasteiger partial charge is 0.347 e. The molecule has 3 heterocycles. The summed E-state index contributed by atoms with van der Waals surface area (Å²) in [6, 6.07) is 10.6. The van der Waals surface area contributed by atoms with Crippen LogP contribution in [0.4, 0.5) is 15.8 Å². The Labute approximate surface area is 192 Å². The first-order valence-corrected chi connectivity index (χ1v) is 11.5. The van der Waals surface area contributed by atoms with E-state index in [4.69, 9.17) is 9.47 Å². The topological polar surface area (TPSA) is 71.1 Å². The van der Waals surface area contributed by atoms with Gasteiger partial charge in [-0.3, -0.25) is 4.79 Å². The highest BCUT2D eigenvalue weighted by Crippen LogP contribution is 2.32. The molecule has 0 radical (unpaired) electrons. The summed E-state index contributed by atoms with van der Waals surface area (Å²) in [6.07, 6.45) is 1.33. The average molecular weight is 454 g/mol. The lowest BCUT2D eigenvalue weighted by Gasteiger charge is -2.30. The van der Waals surface area contributed by atoms with Crippen LogP contribution < -0.4 is 19.9 Å². The van der Waals surface area contributed by atoms with Gasteiger partial charge < -0.3 is 24.6 Å². The second-order valence-electron chi connectivity index (χ2n) is 8.97. The molecule has 3 aliphatic rings. The minimum atomic E-state index is -0.616. The molecule has 2 aromatic rings. The summed E-state index contributed by atoms with van der Waals surface area (Å²) in [7, 11) is 1.92. The Bertz CT molecular complexity index is 1090. The molecule has 2 aromatic carbocycles. The van der Waals surface area contributed by atoms with Gasteiger partial charge in [0.1, 0.15) is 17.7 Å². The van der Waals surface area contributed by atoms with Gasteiger partial charge in [-0.15, -0.1) is 0 Å². The van der Waals surface area contributed by atoms with E-state index in [9.17, 15) is 14.0 Å². The van der Waals surface area contributed by atoms with E-state index in [0.29, 0.717) is 48.1 Å². The van der Waals surface area contributed by atoms with E-state index < -0.39 is 6.10 Å². The fraction of sp³-hybridized carbons (Fsp3) is 0.440. The average Bonchev–Trinajstić information content (AvgIpc) is 3.39. The Morgan fingerprint density at radius 2 is 2.00 bits per heavy atom. The molecular weight excluding hydrogens is 425 g/mol. The van der Waals surface area contributed by atoms with Crippen molar-refractivity contribution in [3.8, 4) is 5.75 Å². The van der Waals surface area contributed by atoms with Crippen LogP contribution in [0.5, 0.6) is 5.75 Å². The third-order valence-corrected chi connectivity index (χ3v) is 6.74. The van der Waals surface area contributed by atoms with Gasteiger partial charge in [0.05, 0.1) is 5.69 Å². The van der Waals surface area contributed by atoms with Crippen LogP contribution in [0.25, 0.3) is 0 Å². The second kappa shape index (κ2) is 8.67. The maximum atomic E-state index is 15.0. The first kappa shape index (κ1) is 21.7. The largest absolute Gasteiger partial charge is 0.479 e. The number of esters is 1. The number of halogens is 1. The lowest BCUT2D eigenvalue weighted by molar-refractivity contribution is -0.145. The van der Waals surface area contributed by atoms with Crippen molar-refractivity contribution in [2.45, 2.75) is 44.4 Å². The summed E-state index contributed by atoms with van der Waals surface area (Å²) in [5.74, 6) is -0.292. The number of fused-ring (bicyclic) bond motifs is 1. The van der Waals surface area contributed by atoms with E-state index in [1.165, 1.54) is 6.07 Å². The fourth-order valence-electron chi connectivity index (χ4n) is 4.90. The number of nitrogens with one attached hydrogen (secondary N) is 1. The summed E-state index contributed by atoms with van der Waals surface area (Å²) < 4.78 is 25.9. The van der Waals surface area contributed by atoms with Crippen molar-refractivity contribution in [3.63, 3.8) is 0 Å². The number of anilines is 2. The van der Waals surface area contributed by atoms with Crippen molar-refractivity contribution >= 4 is 23.3 Å². The lowest BCUT2D eigenvalue weighted by Crippen LogP contribution is -2.37. The Hall–Kier alpha value is -3.13. The standard InChI is InChI=1S/C25H28FN3O4/c1-15-11-23(25(31)32-15)33-19-4-5-20-16(12-19)7-10-29(24(20)30)18-3-6-22(21(26)13-18)28-9-8-17(14-28)27-2/h3-6,12-13,15,17,23,27H,7-11,14H2,1-2H3/t15?,17-,23?/m1/s1. The lowest BCUT2D eigenvalue weighted by atomic mass is 9.98. The van der Waals surface area contributed by atoms with Crippen molar-refractivity contribution in [2.75, 3.05) is 36.5 Å². The monoisotopic (exact) mass is 453 g/mol. The second-order valence-corrected chi connectivity index (χ2v) is 8.97. The number of carbonyl (C=O) groups excluding carboxylic acids is 2. The molecule has 174 valence electrons. The summed E-state index contributed by atoms with van der Waals surface area (Å²) in [5, 5.41) is 3.24. The zero-order valence-corrected chi connectivity index (χ0v) is 18.8. The zero-order chi connectivity index (χ0) is 23.1. The van der Waals surface area contributed by atoms with Gasteiger partial charge in [0.2, 0.25) is 0 Å². The number of hydrogen-bond donors (Lipinski definition) is 1. The van der Waals surface area contributed by atoms with E-state index in [-0.39, 0.29) is 23.8 Å². The fourth-order valence-corrected chi connectivity index (χ4v) is 4.90. The number of benzene rings is 2. The molecule has 1 N–H and O–H groups in total. The third-order valence-electron chi connectivity index (χ3n) is 6.74. The van der Waals surface area contributed by atoms with E-state index in [0.717, 1.165) is 25.1 Å². The third kappa shape index (κ3) is 4.15. The molecule has 2 fully saturated rings. The summed E-state index contributed by atoms with van der Waals surface area (Å²) in [5.41, 5.74) is 2.56. The Kier molecular flexibility index (Phi) is 5.70. The quantitative estimate of drug-likeness (QED) is 0.702.